The molecule has 8 nitrogen and oxygen atoms in total. The van der Waals surface area contributed by atoms with Gasteiger partial charge in [-0.1, -0.05) is 13.8 Å². The predicted molar refractivity (Wildman–Crippen MR) is 124 cm³/mol. The van der Waals surface area contributed by atoms with E-state index in [0.29, 0.717) is 31.4 Å². The molecule has 32 heavy (non-hydrogen) atoms. The number of benzene rings is 1. The molecule has 0 aromatic heterocycles. The highest BCUT2D eigenvalue weighted by atomic mass is 32.2. The number of rotatable bonds is 8. The fraction of sp³-hybridized carbons (Fsp3) is 0.652. The Kier molecular flexibility index (Phi) is 6.76. The average Bonchev–Trinajstić information content (AvgIpc) is 3.56. The van der Waals surface area contributed by atoms with Gasteiger partial charge in [-0.15, -0.1) is 0 Å². The van der Waals surface area contributed by atoms with E-state index in [1.165, 1.54) is 10.7 Å². The summed E-state index contributed by atoms with van der Waals surface area (Å²) in [6.45, 7) is 6.60. The molecule has 1 saturated carbocycles. The van der Waals surface area contributed by atoms with Crippen LogP contribution < -0.4 is 10.2 Å². The van der Waals surface area contributed by atoms with Crippen molar-refractivity contribution in [1.29, 1.82) is 0 Å². The summed E-state index contributed by atoms with van der Waals surface area (Å²) >= 11 is 0. The summed E-state index contributed by atoms with van der Waals surface area (Å²) in [6, 6.07) is 5.34. The number of nitrogens with zero attached hydrogens (tertiary/aromatic N) is 3. The normalized spacial score (nSPS) is 22.0. The van der Waals surface area contributed by atoms with Crippen molar-refractivity contribution in [3.8, 4) is 0 Å². The third kappa shape index (κ3) is 4.64. The largest absolute Gasteiger partial charge is 0.370 e. The molecule has 3 aliphatic rings. The van der Waals surface area contributed by atoms with Gasteiger partial charge in [-0.3, -0.25) is 9.59 Å². The number of amides is 2. The molecule has 1 atom stereocenters. The lowest BCUT2D eigenvalue weighted by Gasteiger charge is -2.31. The molecular weight excluding hydrogens is 428 g/mol. The molecule has 1 N–H and O–H groups in total. The summed E-state index contributed by atoms with van der Waals surface area (Å²) in [7, 11) is -3.65. The predicted octanol–water partition coefficient (Wildman–Crippen LogP) is 2.66. The van der Waals surface area contributed by atoms with Crippen molar-refractivity contribution in [2.24, 2.45) is 5.92 Å². The zero-order chi connectivity index (χ0) is 22.9. The first-order valence-corrected chi connectivity index (χ1v) is 13.3. The molecule has 2 aliphatic heterocycles. The molecule has 1 aromatic carbocycles. The Hall–Kier alpha value is -2.13. The van der Waals surface area contributed by atoms with E-state index >= 15 is 0 Å². The second kappa shape index (κ2) is 9.39. The Morgan fingerprint density at radius 2 is 1.81 bits per heavy atom. The zero-order valence-corrected chi connectivity index (χ0v) is 19.9. The summed E-state index contributed by atoms with van der Waals surface area (Å²) < 4.78 is 27.6. The maximum atomic E-state index is 13.1. The molecule has 1 aliphatic carbocycles. The second-order valence-corrected chi connectivity index (χ2v) is 10.9. The van der Waals surface area contributed by atoms with Gasteiger partial charge in [0.2, 0.25) is 21.8 Å². The molecule has 2 saturated heterocycles. The maximum Gasteiger partial charge on any atom is 0.243 e. The standard InChI is InChI=1S/C23H34N4O4S/c1-3-26(4-2)32(30,31)19-10-11-21(25-12-6-5-7-13-25)20(15-19)24-23(29)17-14-22(28)27(16-17)18-8-9-18/h10-11,15,17-18H,3-9,12-14,16H2,1-2H3,(H,24,29). The summed E-state index contributed by atoms with van der Waals surface area (Å²) in [5, 5.41) is 3.00. The van der Waals surface area contributed by atoms with Crippen LogP contribution in [0.1, 0.15) is 52.4 Å². The average molecular weight is 463 g/mol. The smallest absolute Gasteiger partial charge is 0.243 e. The highest BCUT2D eigenvalue weighted by Gasteiger charge is 2.42. The number of carbonyl (C=O) groups excluding carboxylic acids is 2. The first-order chi connectivity index (χ1) is 15.3. The van der Waals surface area contributed by atoms with Crippen LogP contribution in [0, 0.1) is 5.92 Å². The van der Waals surface area contributed by atoms with E-state index in [1.54, 1.807) is 12.1 Å². The minimum Gasteiger partial charge on any atom is -0.370 e. The number of nitrogens with one attached hydrogen (secondary N) is 1. The van der Waals surface area contributed by atoms with Gasteiger partial charge in [-0.2, -0.15) is 4.31 Å². The summed E-state index contributed by atoms with van der Waals surface area (Å²) in [4.78, 5) is 29.7. The van der Waals surface area contributed by atoms with Crippen LogP contribution in [0.4, 0.5) is 11.4 Å². The molecule has 0 radical (unpaired) electrons. The van der Waals surface area contributed by atoms with Crippen LogP contribution in [0.3, 0.4) is 0 Å². The number of carbonyl (C=O) groups is 2. The van der Waals surface area contributed by atoms with Gasteiger partial charge in [0, 0.05) is 45.2 Å². The monoisotopic (exact) mass is 462 g/mol. The summed E-state index contributed by atoms with van der Waals surface area (Å²) in [5.41, 5.74) is 1.36. The molecule has 3 fully saturated rings. The lowest BCUT2D eigenvalue weighted by Crippen LogP contribution is -2.33. The third-order valence-corrected chi connectivity index (χ3v) is 8.83. The topological polar surface area (TPSA) is 90.0 Å². The number of piperidine rings is 1. The van der Waals surface area contributed by atoms with E-state index in [2.05, 4.69) is 10.2 Å². The minimum atomic E-state index is -3.65. The van der Waals surface area contributed by atoms with Crippen LogP contribution in [0.25, 0.3) is 0 Å². The number of hydrogen-bond donors (Lipinski definition) is 1. The van der Waals surface area contributed by atoms with Crippen molar-refractivity contribution in [3.63, 3.8) is 0 Å². The Labute approximate surface area is 191 Å². The highest BCUT2D eigenvalue weighted by molar-refractivity contribution is 7.89. The van der Waals surface area contributed by atoms with Crippen LogP contribution in [-0.2, 0) is 19.6 Å². The van der Waals surface area contributed by atoms with Crippen molar-refractivity contribution in [2.75, 3.05) is 42.9 Å². The van der Waals surface area contributed by atoms with E-state index in [4.69, 9.17) is 0 Å². The fourth-order valence-corrected chi connectivity index (χ4v) is 6.26. The molecule has 1 aromatic rings. The number of likely N-dealkylation sites (tertiary alicyclic amines) is 1. The van der Waals surface area contributed by atoms with Crippen molar-refractivity contribution in [3.05, 3.63) is 18.2 Å². The van der Waals surface area contributed by atoms with E-state index in [0.717, 1.165) is 44.5 Å². The van der Waals surface area contributed by atoms with Gasteiger partial charge in [0.15, 0.2) is 0 Å². The molecule has 0 bridgehead atoms. The molecular formula is C23H34N4O4S. The minimum absolute atomic E-state index is 0.0433. The van der Waals surface area contributed by atoms with Crippen LogP contribution in [0.15, 0.2) is 23.1 Å². The lowest BCUT2D eigenvalue weighted by molar-refractivity contribution is -0.128. The van der Waals surface area contributed by atoms with Gasteiger partial charge in [0.05, 0.1) is 22.2 Å². The van der Waals surface area contributed by atoms with Gasteiger partial charge in [-0.25, -0.2) is 8.42 Å². The van der Waals surface area contributed by atoms with E-state index in [9.17, 15) is 18.0 Å². The quantitative estimate of drug-likeness (QED) is 0.642. The fourth-order valence-electron chi connectivity index (χ4n) is 4.78. The molecule has 176 valence electrons. The molecule has 1 unspecified atom stereocenters. The van der Waals surface area contributed by atoms with E-state index in [1.807, 2.05) is 24.8 Å². The Balaban J connectivity index is 1.61. The van der Waals surface area contributed by atoms with Crippen molar-refractivity contribution >= 4 is 33.2 Å². The SMILES string of the molecule is CCN(CC)S(=O)(=O)c1ccc(N2CCCCC2)c(NC(=O)C2CC(=O)N(C3CC3)C2)c1. The molecule has 4 rings (SSSR count). The molecule has 2 amide bonds. The van der Waals surface area contributed by atoms with E-state index in [-0.39, 0.29) is 23.1 Å². The summed E-state index contributed by atoms with van der Waals surface area (Å²) in [5.74, 6) is -0.570. The Morgan fingerprint density at radius 3 is 2.44 bits per heavy atom. The maximum absolute atomic E-state index is 13.1. The highest BCUT2D eigenvalue weighted by Crippen LogP contribution is 2.35. The van der Waals surface area contributed by atoms with Crippen molar-refractivity contribution in [2.45, 2.75) is 63.3 Å². The Bertz CT molecular complexity index is 966. The van der Waals surface area contributed by atoms with Gasteiger partial charge in [0.25, 0.3) is 0 Å². The molecule has 0 spiro atoms. The van der Waals surface area contributed by atoms with Crippen LogP contribution in [-0.4, -0.2) is 68.2 Å². The molecule has 9 heteroatoms. The first kappa shape index (κ1) is 23.0. The number of anilines is 2. The third-order valence-electron chi connectivity index (χ3n) is 6.78. The van der Waals surface area contributed by atoms with E-state index < -0.39 is 15.9 Å². The van der Waals surface area contributed by atoms with Gasteiger partial charge in [0.1, 0.15) is 0 Å². The summed E-state index contributed by atoms with van der Waals surface area (Å²) in [6.07, 6.45) is 5.57. The van der Waals surface area contributed by atoms with Crippen LogP contribution >= 0.6 is 0 Å². The van der Waals surface area contributed by atoms with Crippen LogP contribution in [0.5, 0.6) is 0 Å². The van der Waals surface area contributed by atoms with Crippen molar-refractivity contribution < 1.29 is 18.0 Å². The molecule has 2 heterocycles. The lowest BCUT2D eigenvalue weighted by atomic mass is 10.1. The second-order valence-electron chi connectivity index (χ2n) is 8.98. The van der Waals surface area contributed by atoms with Crippen LogP contribution in [0.2, 0.25) is 0 Å². The first-order valence-electron chi connectivity index (χ1n) is 11.8. The Morgan fingerprint density at radius 1 is 1.12 bits per heavy atom. The zero-order valence-electron chi connectivity index (χ0n) is 19.0. The number of sulfonamides is 1. The van der Waals surface area contributed by atoms with Gasteiger partial charge >= 0.3 is 0 Å². The van der Waals surface area contributed by atoms with Crippen molar-refractivity contribution in [1.82, 2.24) is 9.21 Å². The van der Waals surface area contributed by atoms with Gasteiger partial charge < -0.3 is 15.1 Å². The van der Waals surface area contributed by atoms with Gasteiger partial charge in [-0.05, 0) is 50.3 Å². The number of hydrogen-bond acceptors (Lipinski definition) is 5.